The minimum absolute atomic E-state index is 0.0925. The van der Waals surface area contributed by atoms with Crippen molar-refractivity contribution in [1.82, 2.24) is 10.0 Å². The number of benzene rings is 1. The van der Waals surface area contributed by atoms with Crippen LogP contribution in [-0.4, -0.2) is 45.8 Å². The first kappa shape index (κ1) is 17.9. The van der Waals surface area contributed by atoms with Crippen molar-refractivity contribution in [2.45, 2.75) is 24.7 Å². The van der Waals surface area contributed by atoms with Crippen molar-refractivity contribution >= 4 is 27.7 Å². The Hall–Kier alpha value is -2.42. The fourth-order valence-electron chi connectivity index (χ4n) is 2.04. The normalized spacial score (nSPS) is 16.3. The van der Waals surface area contributed by atoms with Crippen LogP contribution >= 0.6 is 0 Å². The van der Waals surface area contributed by atoms with Gasteiger partial charge in [-0.2, -0.15) is 0 Å². The zero-order chi connectivity index (χ0) is 17.6. The smallest absolute Gasteiger partial charge is 0.328 e. The molecule has 0 unspecified atom stereocenters. The standard InChI is InChI=1S/C15H19N3O5S/c1-2-3-8-16-13(19)10-23-14(20)9-17-15-11-6-4-5-7-12(11)24(21,22)18-15/h4-7H,2-3,8-10H2,1H3,(H,16,19)(H,17,18). The van der Waals surface area contributed by atoms with Crippen molar-refractivity contribution in [3.8, 4) is 0 Å². The van der Waals surface area contributed by atoms with Crippen LogP contribution in [0.15, 0.2) is 34.2 Å². The molecule has 0 aromatic heterocycles. The third-order valence-electron chi connectivity index (χ3n) is 3.25. The van der Waals surface area contributed by atoms with Gasteiger partial charge in [-0.25, -0.2) is 8.42 Å². The van der Waals surface area contributed by atoms with Crippen LogP contribution in [0.1, 0.15) is 25.3 Å². The number of nitrogens with one attached hydrogen (secondary N) is 2. The third-order valence-corrected chi connectivity index (χ3v) is 4.64. The van der Waals surface area contributed by atoms with Gasteiger partial charge in [0.2, 0.25) is 0 Å². The maximum absolute atomic E-state index is 11.9. The minimum Gasteiger partial charge on any atom is -0.454 e. The number of aliphatic imine (C=N–C) groups is 1. The molecule has 8 nitrogen and oxygen atoms in total. The molecule has 0 spiro atoms. The molecule has 0 saturated carbocycles. The molecule has 0 aliphatic carbocycles. The van der Waals surface area contributed by atoms with Gasteiger partial charge in [-0.1, -0.05) is 25.5 Å². The van der Waals surface area contributed by atoms with Gasteiger partial charge in [-0.3, -0.25) is 19.3 Å². The molecular formula is C15H19N3O5S. The van der Waals surface area contributed by atoms with E-state index >= 15 is 0 Å². The van der Waals surface area contributed by atoms with Crippen LogP contribution < -0.4 is 10.0 Å². The second kappa shape index (κ2) is 7.91. The zero-order valence-corrected chi connectivity index (χ0v) is 14.1. The van der Waals surface area contributed by atoms with Gasteiger partial charge in [0.15, 0.2) is 6.61 Å². The van der Waals surface area contributed by atoms with Crippen LogP contribution in [0.3, 0.4) is 0 Å². The summed E-state index contributed by atoms with van der Waals surface area (Å²) in [5.41, 5.74) is 0.405. The molecular weight excluding hydrogens is 334 g/mol. The molecule has 2 rings (SSSR count). The molecule has 1 aliphatic rings. The summed E-state index contributed by atoms with van der Waals surface area (Å²) in [5.74, 6) is -0.997. The number of carbonyl (C=O) groups excluding carboxylic acids is 2. The Morgan fingerprint density at radius 1 is 1.29 bits per heavy atom. The van der Waals surface area contributed by atoms with Crippen LogP contribution in [0.4, 0.5) is 0 Å². The molecule has 130 valence electrons. The molecule has 1 aromatic rings. The summed E-state index contributed by atoms with van der Waals surface area (Å²) in [4.78, 5) is 27.1. The molecule has 0 bridgehead atoms. The van der Waals surface area contributed by atoms with E-state index in [9.17, 15) is 18.0 Å². The SMILES string of the molecule is CCCCNC(=O)COC(=O)CN=C1NS(=O)(=O)c2ccccc21. The van der Waals surface area contributed by atoms with E-state index < -0.39 is 16.0 Å². The van der Waals surface area contributed by atoms with E-state index in [0.717, 1.165) is 12.8 Å². The van der Waals surface area contributed by atoms with Gasteiger partial charge in [0.25, 0.3) is 15.9 Å². The van der Waals surface area contributed by atoms with Gasteiger partial charge < -0.3 is 10.1 Å². The number of unbranched alkanes of at least 4 members (excludes halogenated alkanes) is 1. The number of hydrogen-bond donors (Lipinski definition) is 2. The first-order valence-corrected chi connectivity index (χ1v) is 9.01. The summed E-state index contributed by atoms with van der Waals surface area (Å²) >= 11 is 0. The van der Waals surface area contributed by atoms with Crippen LogP contribution in [0.25, 0.3) is 0 Å². The first-order valence-electron chi connectivity index (χ1n) is 7.53. The molecule has 24 heavy (non-hydrogen) atoms. The van der Waals surface area contributed by atoms with E-state index in [-0.39, 0.29) is 29.8 Å². The van der Waals surface area contributed by atoms with Crippen molar-refractivity contribution in [2.24, 2.45) is 4.99 Å². The van der Waals surface area contributed by atoms with Crippen molar-refractivity contribution < 1.29 is 22.7 Å². The summed E-state index contributed by atoms with van der Waals surface area (Å²) in [6.07, 6.45) is 1.81. The van der Waals surface area contributed by atoms with E-state index in [0.29, 0.717) is 12.1 Å². The Kier molecular flexibility index (Phi) is 5.91. The van der Waals surface area contributed by atoms with E-state index in [1.807, 2.05) is 6.92 Å². The van der Waals surface area contributed by atoms with E-state index in [2.05, 4.69) is 15.0 Å². The Bertz CT molecular complexity index is 758. The quantitative estimate of drug-likeness (QED) is 0.536. The molecule has 1 heterocycles. The summed E-state index contributed by atoms with van der Waals surface area (Å²) < 4.78 is 30.9. The number of hydrogen-bond acceptors (Lipinski definition) is 6. The Labute approximate surface area is 140 Å². The van der Waals surface area contributed by atoms with E-state index in [1.54, 1.807) is 18.2 Å². The number of esters is 1. The number of nitrogens with zero attached hydrogens (tertiary/aromatic N) is 1. The second-order valence-electron chi connectivity index (χ2n) is 5.13. The summed E-state index contributed by atoms with van der Waals surface area (Å²) in [5, 5.41) is 2.62. The van der Waals surface area contributed by atoms with Crippen molar-refractivity contribution in [3.05, 3.63) is 29.8 Å². The lowest BCUT2D eigenvalue weighted by atomic mass is 10.2. The first-order chi connectivity index (χ1) is 11.4. The van der Waals surface area contributed by atoms with Crippen LogP contribution in [-0.2, 0) is 24.3 Å². The third kappa shape index (κ3) is 4.54. The minimum atomic E-state index is -3.64. The van der Waals surface area contributed by atoms with Gasteiger partial charge in [0.1, 0.15) is 12.4 Å². The molecule has 2 N–H and O–H groups in total. The monoisotopic (exact) mass is 353 g/mol. The Morgan fingerprint density at radius 2 is 2.04 bits per heavy atom. The summed E-state index contributed by atoms with van der Waals surface area (Å²) in [6, 6.07) is 6.33. The molecule has 1 aliphatic heterocycles. The van der Waals surface area contributed by atoms with Gasteiger partial charge in [0.05, 0.1) is 4.90 Å². The van der Waals surface area contributed by atoms with Crippen molar-refractivity contribution in [2.75, 3.05) is 19.7 Å². The number of fused-ring (bicyclic) bond motifs is 1. The Morgan fingerprint density at radius 3 is 2.79 bits per heavy atom. The molecule has 0 saturated heterocycles. The lowest BCUT2D eigenvalue weighted by Gasteiger charge is -2.05. The predicted molar refractivity (Wildman–Crippen MR) is 87.0 cm³/mol. The Balaban J connectivity index is 1.88. The average molecular weight is 353 g/mol. The number of ether oxygens (including phenoxy) is 1. The fraction of sp³-hybridized carbons (Fsp3) is 0.400. The number of amides is 1. The van der Waals surface area contributed by atoms with Gasteiger partial charge >= 0.3 is 5.97 Å². The number of amidine groups is 1. The van der Waals surface area contributed by atoms with Crippen LogP contribution in [0, 0.1) is 0 Å². The lowest BCUT2D eigenvalue weighted by molar-refractivity contribution is -0.147. The van der Waals surface area contributed by atoms with Crippen LogP contribution in [0.5, 0.6) is 0 Å². The molecule has 0 radical (unpaired) electrons. The molecule has 0 fully saturated rings. The number of sulfonamides is 1. The van der Waals surface area contributed by atoms with Gasteiger partial charge in [0, 0.05) is 12.1 Å². The highest BCUT2D eigenvalue weighted by molar-refractivity contribution is 7.90. The molecule has 0 atom stereocenters. The largest absolute Gasteiger partial charge is 0.454 e. The van der Waals surface area contributed by atoms with Gasteiger partial charge in [-0.15, -0.1) is 0 Å². The fourth-order valence-corrected chi connectivity index (χ4v) is 3.29. The second-order valence-corrected chi connectivity index (χ2v) is 6.78. The maximum atomic E-state index is 11.9. The summed E-state index contributed by atoms with van der Waals surface area (Å²) in [7, 11) is -3.64. The molecule has 1 aromatic carbocycles. The predicted octanol–water partition coefficient (Wildman–Crippen LogP) is 0.185. The zero-order valence-electron chi connectivity index (χ0n) is 13.2. The highest BCUT2D eigenvalue weighted by Gasteiger charge is 2.30. The number of rotatable bonds is 7. The van der Waals surface area contributed by atoms with E-state index in [4.69, 9.17) is 4.74 Å². The molecule has 1 amide bonds. The topological polar surface area (TPSA) is 114 Å². The number of carbonyl (C=O) groups is 2. The van der Waals surface area contributed by atoms with Gasteiger partial charge in [-0.05, 0) is 18.6 Å². The lowest BCUT2D eigenvalue weighted by Crippen LogP contribution is -2.30. The van der Waals surface area contributed by atoms with E-state index in [1.165, 1.54) is 6.07 Å². The highest BCUT2D eigenvalue weighted by atomic mass is 32.2. The van der Waals surface area contributed by atoms with Crippen LogP contribution in [0.2, 0.25) is 0 Å². The average Bonchev–Trinajstić information content (AvgIpc) is 2.82. The van der Waals surface area contributed by atoms with Crippen molar-refractivity contribution in [3.63, 3.8) is 0 Å². The van der Waals surface area contributed by atoms with Crippen molar-refractivity contribution in [1.29, 1.82) is 0 Å². The summed E-state index contributed by atoms with van der Waals surface area (Å²) in [6.45, 7) is 1.78. The maximum Gasteiger partial charge on any atom is 0.328 e. The highest BCUT2D eigenvalue weighted by Crippen LogP contribution is 2.21. The molecule has 9 heteroatoms.